The van der Waals surface area contributed by atoms with Crippen molar-refractivity contribution in [2.75, 3.05) is 6.61 Å². The zero-order valence-corrected chi connectivity index (χ0v) is 7.34. The first-order valence-electron chi connectivity index (χ1n) is 3.46. The van der Waals surface area contributed by atoms with Crippen LogP contribution in [0.4, 0.5) is 4.39 Å². The third-order valence-electron chi connectivity index (χ3n) is 1.29. The number of rotatable bonds is 3. The van der Waals surface area contributed by atoms with Crippen molar-refractivity contribution in [3.63, 3.8) is 0 Å². The topological polar surface area (TPSA) is 52.3 Å². The van der Waals surface area contributed by atoms with Crippen molar-refractivity contribution >= 4 is 17.5 Å². The second-order valence-electron chi connectivity index (χ2n) is 2.31. The summed E-state index contributed by atoms with van der Waals surface area (Å²) in [7, 11) is 0. The number of ether oxygens (including phenoxy) is 1. The van der Waals surface area contributed by atoms with Crippen LogP contribution in [0.1, 0.15) is 0 Å². The van der Waals surface area contributed by atoms with Gasteiger partial charge >= 0.3 is 0 Å². The minimum absolute atomic E-state index is 0.0537. The molecule has 0 atom stereocenters. The van der Waals surface area contributed by atoms with E-state index >= 15 is 0 Å². The van der Waals surface area contributed by atoms with Gasteiger partial charge in [-0.05, 0) is 12.1 Å². The van der Waals surface area contributed by atoms with E-state index in [0.717, 1.165) is 0 Å². The van der Waals surface area contributed by atoms with Gasteiger partial charge in [-0.15, -0.1) is 0 Å². The van der Waals surface area contributed by atoms with E-state index in [1.807, 2.05) is 0 Å². The largest absolute Gasteiger partial charge is 0.481 e. The Labute approximate surface area is 79.2 Å². The average Bonchev–Trinajstić information content (AvgIpc) is 2.07. The number of halogens is 2. The van der Waals surface area contributed by atoms with Crippen molar-refractivity contribution in [2.24, 2.45) is 5.73 Å². The fourth-order valence-corrected chi connectivity index (χ4v) is 0.910. The van der Waals surface area contributed by atoms with Crippen molar-refractivity contribution in [3.8, 4) is 5.75 Å². The molecule has 0 saturated carbocycles. The van der Waals surface area contributed by atoms with Crippen LogP contribution < -0.4 is 10.5 Å². The van der Waals surface area contributed by atoms with E-state index in [4.69, 9.17) is 22.1 Å². The molecule has 0 radical (unpaired) electrons. The maximum atomic E-state index is 13.0. The lowest BCUT2D eigenvalue weighted by Crippen LogP contribution is -2.20. The Morgan fingerprint density at radius 2 is 2.31 bits per heavy atom. The Bertz CT molecular complexity index is 330. The smallest absolute Gasteiger partial charge is 0.255 e. The third-order valence-corrected chi connectivity index (χ3v) is 1.58. The van der Waals surface area contributed by atoms with Crippen LogP contribution in [0.3, 0.4) is 0 Å². The number of nitrogens with two attached hydrogens (primary N) is 1. The molecule has 70 valence electrons. The zero-order valence-electron chi connectivity index (χ0n) is 6.59. The van der Waals surface area contributed by atoms with Crippen molar-refractivity contribution in [3.05, 3.63) is 29.0 Å². The maximum absolute atomic E-state index is 13.0. The highest BCUT2D eigenvalue weighted by Gasteiger charge is 2.07. The van der Waals surface area contributed by atoms with Crippen molar-refractivity contribution in [2.45, 2.75) is 0 Å². The summed E-state index contributed by atoms with van der Waals surface area (Å²) in [5.74, 6) is -1.43. The molecule has 3 nitrogen and oxygen atoms in total. The van der Waals surface area contributed by atoms with E-state index in [-0.39, 0.29) is 17.4 Å². The summed E-state index contributed by atoms with van der Waals surface area (Å²) >= 11 is 5.46. The molecule has 0 aliphatic carbocycles. The molecule has 0 bridgehead atoms. The molecule has 2 N–H and O–H groups in total. The second kappa shape index (κ2) is 4.09. The van der Waals surface area contributed by atoms with Crippen LogP contribution in [0.15, 0.2) is 18.2 Å². The van der Waals surface area contributed by atoms with Gasteiger partial charge in [0.15, 0.2) is 18.2 Å². The van der Waals surface area contributed by atoms with Crippen molar-refractivity contribution in [1.29, 1.82) is 0 Å². The van der Waals surface area contributed by atoms with E-state index in [1.54, 1.807) is 0 Å². The summed E-state index contributed by atoms with van der Waals surface area (Å²) in [6.07, 6.45) is 0. The van der Waals surface area contributed by atoms with Crippen LogP contribution in [0, 0.1) is 5.82 Å². The molecule has 0 aromatic heterocycles. The molecule has 0 heterocycles. The molecule has 1 aromatic rings. The number of carbonyl (C=O) groups is 1. The highest BCUT2D eigenvalue weighted by Crippen LogP contribution is 2.23. The van der Waals surface area contributed by atoms with E-state index in [1.165, 1.54) is 18.2 Å². The number of hydrogen-bond donors (Lipinski definition) is 1. The molecule has 0 aliphatic heterocycles. The van der Waals surface area contributed by atoms with Crippen LogP contribution in [-0.4, -0.2) is 12.5 Å². The molecular formula is C8H7ClFNO2. The molecular weight excluding hydrogens is 197 g/mol. The summed E-state index contributed by atoms with van der Waals surface area (Å²) in [6.45, 7) is -0.364. The molecule has 0 spiro atoms. The number of benzene rings is 1. The fraction of sp³-hybridized carbons (Fsp3) is 0.125. The Hall–Kier alpha value is -1.29. The van der Waals surface area contributed by atoms with Crippen molar-refractivity contribution < 1.29 is 13.9 Å². The lowest BCUT2D eigenvalue weighted by atomic mass is 10.3. The normalized spacial score (nSPS) is 9.69. The Kier molecular flexibility index (Phi) is 3.08. The first-order valence-corrected chi connectivity index (χ1v) is 3.84. The molecule has 0 saturated heterocycles. The quantitative estimate of drug-likeness (QED) is 0.806. The highest BCUT2D eigenvalue weighted by molar-refractivity contribution is 6.30. The van der Waals surface area contributed by atoms with E-state index in [9.17, 15) is 9.18 Å². The van der Waals surface area contributed by atoms with Gasteiger partial charge in [-0.3, -0.25) is 4.79 Å². The van der Waals surface area contributed by atoms with Gasteiger partial charge in [0.1, 0.15) is 0 Å². The van der Waals surface area contributed by atoms with Crippen LogP contribution in [0.2, 0.25) is 5.02 Å². The van der Waals surface area contributed by atoms with E-state index in [2.05, 4.69) is 0 Å². The molecule has 5 heteroatoms. The maximum Gasteiger partial charge on any atom is 0.255 e. The monoisotopic (exact) mass is 203 g/mol. The zero-order chi connectivity index (χ0) is 9.84. The number of carbonyl (C=O) groups excluding carboxylic acids is 1. The molecule has 0 aliphatic rings. The van der Waals surface area contributed by atoms with Gasteiger partial charge in [-0.25, -0.2) is 4.39 Å². The molecule has 0 unspecified atom stereocenters. The Morgan fingerprint density at radius 3 is 2.92 bits per heavy atom. The fourth-order valence-electron chi connectivity index (χ4n) is 0.744. The lowest BCUT2D eigenvalue weighted by molar-refractivity contribution is -0.120. The molecule has 13 heavy (non-hydrogen) atoms. The molecule has 1 amide bonds. The summed E-state index contributed by atoms with van der Waals surface area (Å²) in [5, 5.41) is -0.0537. The van der Waals surface area contributed by atoms with Crippen LogP contribution in [-0.2, 0) is 4.79 Å². The molecule has 1 aromatic carbocycles. The minimum atomic E-state index is -0.689. The predicted molar refractivity (Wildman–Crippen MR) is 46.1 cm³/mol. The van der Waals surface area contributed by atoms with Gasteiger partial charge in [-0.1, -0.05) is 17.7 Å². The Balaban J connectivity index is 2.77. The van der Waals surface area contributed by atoms with Crippen LogP contribution >= 0.6 is 11.6 Å². The van der Waals surface area contributed by atoms with E-state index < -0.39 is 11.7 Å². The van der Waals surface area contributed by atoms with Crippen LogP contribution in [0.5, 0.6) is 5.75 Å². The van der Waals surface area contributed by atoms with Gasteiger partial charge in [0.2, 0.25) is 0 Å². The number of amides is 1. The lowest BCUT2D eigenvalue weighted by Gasteiger charge is -2.04. The second-order valence-corrected chi connectivity index (χ2v) is 2.71. The number of primary amides is 1. The van der Waals surface area contributed by atoms with Crippen molar-refractivity contribution in [1.82, 2.24) is 0 Å². The van der Waals surface area contributed by atoms with Gasteiger partial charge in [0.25, 0.3) is 5.91 Å². The minimum Gasteiger partial charge on any atom is -0.481 e. The number of hydrogen-bond acceptors (Lipinski definition) is 2. The molecule has 0 fully saturated rings. The average molecular weight is 204 g/mol. The summed E-state index contributed by atoms with van der Waals surface area (Å²) in [6, 6.07) is 4.26. The standard InChI is InChI=1S/C8H7ClFNO2/c9-5-2-1-3-6(8(5)10)13-4-7(11)12/h1-3H,4H2,(H2,11,12). The predicted octanol–water partition coefficient (Wildman–Crippen LogP) is 1.34. The van der Waals surface area contributed by atoms with Gasteiger partial charge in [0.05, 0.1) is 5.02 Å². The first kappa shape index (κ1) is 9.80. The highest BCUT2D eigenvalue weighted by atomic mass is 35.5. The van der Waals surface area contributed by atoms with Gasteiger partial charge in [-0.2, -0.15) is 0 Å². The summed E-state index contributed by atoms with van der Waals surface area (Å²) in [4.78, 5) is 10.3. The Morgan fingerprint density at radius 1 is 1.62 bits per heavy atom. The summed E-state index contributed by atoms with van der Waals surface area (Å²) < 4.78 is 17.8. The van der Waals surface area contributed by atoms with E-state index in [0.29, 0.717) is 0 Å². The molecule has 1 rings (SSSR count). The SMILES string of the molecule is NC(=O)COc1cccc(Cl)c1F. The van der Waals surface area contributed by atoms with Gasteiger partial charge in [0, 0.05) is 0 Å². The van der Waals surface area contributed by atoms with Gasteiger partial charge < -0.3 is 10.5 Å². The third kappa shape index (κ3) is 2.59. The van der Waals surface area contributed by atoms with Crippen LogP contribution in [0.25, 0.3) is 0 Å². The first-order chi connectivity index (χ1) is 6.11. The summed E-state index contributed by atoms with van der Waals surface area (Å²) in [5.41, 5.74) is 4.81.